The highest BCUT2D eigenvalue weighted by Crippen LogP contribution is 2.21. The minimum atomic E-state index is -0.466. The van der Waals surface area contributed by atoms with Crippen molar-refractivity contribution in [2.24, 2.45) is 5.73 Å². The summed E-state index contributed by atoms with van der Waals surface area (Å²) in [6.07, 6.45) is 0.474. The number of nitrogens with zero attached hydrogens (tertiary/aromatic N) is 3. The molecule has 0 fully saturated rings. The fourth-order valence-corrected chi connectivity index (χ4v) is 1.49. The number of non-ortho nitro benzene ring substituents is 1. The molecule has 0 amide bonds. The zero-order valence-electron chi connectivity index (χ0n) is 9.74. The summed E-state index contributed by atoms with van der Waals surface area (Å²) in [4.78, 5) is 14.3. The molecule has 1 heterocycles. The number of nitrogens with two attached hydrogens (primary N) is 1. The first kappa shape index (κ1) is 12.2. The van der Waals surface area contributed by atoms with Crippen molar-refractivity contribution >= 4 is 5.69 Å². The maximum absolute atomic E-state index is 10.7. The third-order valence-corrected chi connectivity index (χ3v) is 2.28. The van der Waals surface area contributed by atoms with Gasteiger partial charge in [0.05, 0.1) is 4.92 Å². The molecule has 2 rings (SSSR count). The normalized spacial score (nSPS) is 12.3. The zero-order chi connectivity index (χ0) is 13.1. The van der Waals surface area contributed by atoms with Crippen LogP contribution in [0, 0.1) is 10.1 Å². The average Bonchev–Trinajstić information content (AvgIpc) is 2.77. The summed E-state index contributed by atoms with van der Waals surface area (Å²) < 4.78 is 5.02. The highest BCUT2D eigenvalue weighted by atomic mass is 16.6. The predicted octanol–water partition coefficient (Wildman–Crippen LogP) is 1.53. The second kappa shape index (κ2) is 4.92. The van der Waals surface area contributed by atoms with Gasteiger partial charge in [0.25, 0.3) is 5.69 Å². The highest BCUT2D eigenvalue weighted by Gasteiger charge is 2.13. The minimum Gasteiger partial charge on any atom is -0.339 e. The molecule has 0 bridgehead atoms. The molecular formula is C11H12N4O3. The van der Waals surface area contributed by atoms with Gasteiger partial charge in [-0.1, -0.05) is 17.3 Å². The molecule has 94 valence electrons. The second-order valence-electron chi connectivity index (χ2n) is 4.00. The summed E-state index contributed by atoms with van der Waals surface area (Å²) in [6, 6.07) is 6.00. The number of nitro groups is 1. The average molecular weight is 248 g/mol. The van der Waals surface area contributed by atoms with Gasteiger partial charge in [-0.2, -0.15) is 4.98 Å². The van der Waals surface area contributed by atoms with Gasteiger partial charge in [-0.05, 0) is 6.92 Å². The summed E-state index contributed by atoms with van der Waals surface area (Å²) in [6.45, 7) is 1.83. The molecule has 2 aromatic rings. The van der Waals surface area contributed by atoms with E-state index in [1.165, 1.54) is 12.1 Å². The van der Waals surface area contributed by atoms with Crippen LogP contribution in [0.5, 0.6) is 0 Å². The molecule has 1 atom stereocenters. The summed E-state index contributed by atoms with van der Waals surface area (Å²) in [5, 5.41) is 14.4. The Bertz CT molecular complexity index is 565. The van der Waals surface area contributed by atoms with Crippen molar-refractivity contribution in [1.29, 1.82) is 0 Å². The van der Waals surface area contributed by atoms with E-state index in [0.717, 1.165) is 0 Å². The number of benzene rings is 1. The second-order valence-corrected chi connectivity index (χ2v) is 4.00. The van der Waals surface area contributed by atoms with Gasteiger partial charge in [-0.25, -0.2) is 0 Å². The molecule has 2 N–H and O–H groups in total. The van der Waals surface area contributed by atoms with Crippen LogP contribution in [0.15, 0.2) is 28.8 Å². The fraction of sp³-hybridized carbons (Fsp3) is 0.273. The van der Waals surface area contributed by atoms with Crippen molar-refractivity contribution in [2.45, 2.75) is 19.4 Å². The van der Waals surface area contributed by atoms with Gasteiger partial charge in [0, 0.05) is 30.2 Å². The van der Waals surface area contributed by atoms with E-state index in [1.807, 2.05) is 6.92 Å². The van der Waals surface area contributed by atoms with Crippen molar-refractivity contribution in [1.82, 2.24) is 10.1 Å². The monoisotopic (exact) mass is 248 g/mol. The minimum absolute atomic E-state index is 0.00829. The Morgan fingerprint density at radius 1 is 1.56 bits per heavy atom. The SMILES string of the molecule is CC(N)Cc1nc(-c2cccc([N+](=O)[O-])c2)no1. The molecule has 0 aliphatic rings. The van der Waals surface area contributed by atoms with E-state index in [9.17, 15) is 10.1 Å². The molecule has 0 radical (unpaired) electrons. The van der Waals surface area contributed by atoms with Crippen LogP contribution < -0.4 is 5.73 Å². The molecule has 0 aliphatic heterocycles. The first-order valence-corrected chi connectivity index (χ1v) is 5.39. The van der Waals surface area contributed by atoms with Crippen LogP contribution in [-0.4, -0.2) is 21.1 Å². The van der Waals surface area contributed by atoms with Crippen molar-refractivity contribution in [3.05, 3.63) is 40.3 Å². The van der Waals surface area contributed by atoms with Crippen LogP contribution >= 0.6 is 0 Å². The summed E-state index contributed by atoms with van der Waals surface area (Å²) in [5.74, 6) is 0.751. The molecule has 0 saturated heterocycles. The Kier molecular flexibility index (Phi) is 3.33. The van der Waals surface area contributed by atoms with Crippen LogP contribution in [0.4, 0.5) is 5.69 Å². The molecule has 1 aromatic heterocycles. The molecule has 7 heteroatoms. The molecule has 0 aliphatic carbocycles. The van der Waals surface area contributed by atoms with Gasteiger partial charge >= 0.3 is 0 Å². The van der Waals surface area contributed by atoms with E-state index in [-0.39, 0.29) is 11.7 Å². The highest BCUT2D eigenvalue weighted by molar-refractivity contribution is 5.58. The van der Waals surface area contributed by atoms with Crippen molar-refractivity contribution in [3.63, 3.8) is 0 Å². The van der Waals surface area contributed by atoms with Crippen molar-refractivity contribution in [2.75, 3.05) is 0 Å². The Labute approximate surface area is 103 Å². The largest absolute Gasteiger partial charge is 0.339 e. The van der Waals surface area contributed by atoms with E-state index in [1.54, 1.807) is 12.1 Å². The van der Waals surface area contributed by atoms with Crippen LogP contribution in [0.25, 0.3) is 11.4 Å². The topological polar surface area (TPSA) is 108 Å². The van der Waals surface area contributed by atoms with E-state index in [0.29, 0.717) is 23.7 Å². The zero-order valence-corrected chi connectivity index (χ0v) is 9.74. The first-order chi connectivity index (χ1) is 8.56. The number of nitro benzene ring substituents is 1. The lowest BCUT2D eigenvalue weighted by atomic mass is 10.2. The Balaban J connectivity index is 2.28. The van der Waals surface area contributed by atoms with Gasteiger partial charge in [0.15, 0.2) is 0 Å². The standard InChI is InChI=1S/C11H12N4O3/c1-7(12)5-10-13-11(14-18-10)8-3-2-4-9(6-8)15(16)17/h2-4,6-7H,5,12H2,1H3. The summed E-state index contributed by atoms with van der Waals surface area (Å²) in [5.41, 5.74) is 6.16. The van der Waals surface area contributed by atoms with Crippen LogP contribution in [-0.2, 0) is 6.42 Å². The van der Waals surface area contributed by atoms with E-state index in [4.69, 9.17) is 10.3 Å². The van der Waals surface area contributed by atoms with Gasteiger partial charge in [-0.15, -0.1) is 0 Å². The third kappa shape index (κ3) is 2.69. The first-order valence-electron chi connectivity index (χ1n) is 5.39. The van der Waals surface area contributed by atoms with E-state index < -0.39 is 4.92 Å². The lowest BCUT2D eigenvalue weighted by Gasteiger charge is -1.97. The van der Waals surface area contributed by atoms with E-state index >= 15 is 0 Å². The summed E-state index contributed by atoms with van der Waals surface area (Å²) >= 11 is 0. The maximum atomic E-state index is 10.7. The molecule has 0 saturated carbocycles. The van der Waals surface area contributed by atoms with Crippen LogP contribution in [0.2, 0.25) is 0 Å². The number of aromatic nitrogens is 2. The molecule has 1 unspecified atom stereocenters. The Morgan fingerprint density at radius 2 is 2.33 bits per heavy atom. The van der Waals surface area contributed by atoms with Crippen molar-refractivity contribution < 1.29 is 9.45 Å². The van der Waals surface area contributed by atoms with E-state index in [2.05, 4.69) is 10.1 Å². The Hall–Kier alpha value is -2.28. The molecule has 18 heavy (non-hydrogen) atoms. The van der Waals surface area contributed by atoms with Gasteiger partial charge < -0.3 is 10.3 Å². The van der Waals surface area contributed by atoms with Gasteiger partial charge in [-0.3, -0.25) is 10.1 Å². The smallest absolute Gasteiger partial charge is 0.270 e. The number of rotatable bonds is 4. The lowest BCUT2D eigenvalue weighted by Crippen LogP contribution is -2.17. The number of hydrogen-bond donors (Lipinski definition) is 1. The van der Waals surface area contributed by atoms with Crippen molar-refractivity contribution in [3.8, 4) is 11.4 Å². The molecule has 7 nitrogen and oxygen atoms in total. The molecule has 0 spiro atoms. The molecular weight excluding hydrogens is 236 g/mol. The number of hydrogen-bond acceptors (Lipinski definition) is 6. The third-order valence-electron chi connectivity index (χ3n) is 2.28. The molecule has 1 aromatic carbocycles. The Morgan fingerprint density at radius 3 is 3.00 bits per heavy atom. The van der Waals surface area contributed by atoms with Crippen LogP contribution in [0.1, 0.15) is 12.8 Å². The van der Waals surface area contributed by atoms with Crippen LogP contribution in [0.3, 0.4) is 0 Å². The summed E-state index contributed by atoms with van der Waals surface area (Å²) in [7, 11) is 0. The maximum Gasteiger partial charge on any atom is 0.270 e. The quantitative estimate of drug-likeness (QED) is 0.649. The lowest BCUT2D eigenvalue weighted by molar-refractivity contribution is -0.384. The van der Waals surface area contributed by atoms with Gasteiger partial charge in [0.1, 0.15) is 0 Å². The van der Waals surface area contributed by atoms with Gasteiger partial charge in [0.2, 0.25) is 11.7 Å². The predicted molar refractivity (Wildman–Crippen MR) is 63.7 cm³/mol. The fourth-order valence-electron chi connectivity index (χ4n) is 1.49.